The summed E-state index contributed by atoms with van der Waals surface area (Å²) in [7, 11) is 0. The molecule has 0 aliphatic rings. The fourth-order valence-corrected chi connectivity index (χ4v) is 1.72. The summed E-state index contributed by atoms with van der Waals surface area (Å²) in [6.45, 7) is 2.51. The van der Waals surface area contributed by atoms with Crippen molar-refractivity contribution >= 4 is 24.0 Å². The van der Waals surface area contributed by atoms with Crippen molar-refractivity contribution in [2.24, 2.45) is 5.73 Å². The summed E-state index contributed by atoms with van der Waals surface area (Å²) in [4.78, 5) is 11.6. The zero-order valence-corrected chi connectivity index (χ0v) is 12.1. The molecule has 3 nitrogen and oxygen atoms in total. The lowest BCUT2D eigenvalue weighted by molar-refractivity contribution is -0.116. The van der Waals surface area contributed by atoms with Crippen LogP contribution < -0.4 is 11.1 Å². The van der Waals surface area contributed by atoms with E-state index in [4.69, 9.17) is 5.73 Å². The second-order valence-corrected chi connectivity index (χ2v) is 4.48. The van der Waals surface area contributed by atoms with Crippen molar-refractivity contribution in [3.05, 3.63) is 29.6 Å². The second kappa shape index (κ2) is 9.75. The van der Waals surface area contributed by atoms with E-state index >= 15 is 0 Å². The van der Waals surface area contributed by atoms with Gasteiger partial charge in [0.05, 0.1) is 5.69 Å². The van der Waals surface area contributed by atoms with E-state index in [1.165, 1.54) is 6.07 Å². The lowest BCUT2D eigenvalue weighted by atomic mass is 10.1. The topological polar surface area (TPSA) is 55.1 Å². The normalized spacial score (nSPS) is 9.84. The van der Waals surface area contributed by atoms with Gasteiger partial charge in [0.1, 0.15) is 5.82 Å². The molecule has 0 spiro atoms. The Morgan fingerprint density at radius 1 is 1.26 bits per heavy atom. The quantitative estimate of drug-likeness (QED) is 0.756. The molecule has 0 saturated carbocycles. The molecule has 0 bridgehead atoms. The number of carbonyl (C=O) groups is 1. The van der Waals surface area contributed by atoms with Gasteiger partial charge in [-0.15, -0.1) is 12.4 Å². The van der Waals surface area contributed by atoms with Crippen LogP contribution in [-0.4, -0.2) is 12.5 Å². The number of carbonyl (C=O) groups excluding carboxylic acids is 1. The highest BCUT2D eigenvalue weighted by molar-refractivity contribution is 5.90. The molecule has 5 heteroatoms. The molecular formula is C14H22ClFN2O. The van der Waals surface area contributed by atoms with E-state index < -0.39 is 0 Å². The number of nitrogens with two attached hydrogens (primary N) is 1. The monoisotopic (exact) mass is 288 g/mol. The standard InChI is InChI=1S/C14H21FN2O.ClH/c1-11-7-8-13(12(15)10-11)17-14(18)6-4-2-3-5-9-16;/h7-8,10H,2-6,9,16H2,1H3,(H,17,18);1H. The average molecular weight is 289 g/mol. The van der Waals surface area contributed by atoms with Crippen LogP contribution in [-0.2, 0) is 4.79 Å². The molecule has 0 unspecified atom stereocenters. The predicted molar refractivity (Wildman–Crippen MR) is 79.2 cm³/mol. The van der Waals surface area contributed by atoms with E-state index in [9.17, 15) is 9.18 Å². The Morgan fingerprint density at radius 3 is 2.58 bits per heavy atom. The van der Waals surface area contributed by atoms with Gasteiger partial charge in [0, 0.05) is 6.42 Å². The van der Waals surface area contributed by atoms with Gasteiger partial charge in [0.15, 0.2) is 0 Å². The van der Waals surface area contributed by atoms with E-state index in [1.807, 2.05) is 6.92 Å². The van der Waals surface area contributed by atoms with Crippen molar-refractivity contribution in [3.63, 3.8) is 0 Å². The number of rotatable bonds is 7. The summed E-state index contributed by atoms with van der Waals surface area (Å²) in [6.07, 6.45) is 4.27. The number of benzene rings is 1. The van der Waals surface area contributed by atoms with Crippen molar-refractivity contribution in [3.8, 4) is 0 Å². The molecule has 0 atom stereocenters. The molecular weight excluding hydrogens is 267 g/mol. The van der Waals surface area contributed by atoms with E-state index in [2.05, 4.69) is 5.32 Å². The molecule has 0 fully saturated rings. The smallest absolute Gasteiger partial charge is 0.224 e. The summed E-state index contributed by atoms with van der Waals surface area (Å²) in [5, 5.41) is 2.59. The fourth-order valence-electron chi connectivity index (χ4n) is 1.72. The molecule has 0 heterocycles. The molecule has 0 aliphatic heterocycles. The van der Waals surface area contributed by atoms with Crippen molar-refractivity contribution in [1.29, 1.82) is 0 Å². The van der Waals surface area contributed by atoms with Gasteiger partial charge in [0.25, 0.3) is 0 Å². The molecule has 1 aromatic carbocycles. The zero-order chi connectivity index (χ0) is 13.4. The fraction of sp³-hybridized carbons (Fsp3) is 0.500. The van der Waals surface area contributed by atoms with Gasteiger partial charge >= 0.3 is 0 Å². The molecule has 1 amide bonds. The lowest BCUT2D eigenvalue weighted by Gasteiger charge is -2.07. The Bertz CT molecular complexity index is 399. The number of anilines is 1. The van der Waals surface area contributed by atoms with Crippen LogP contribution in [0.2, 0.25) is 0 Å². The Kier molecular flexibility index (Phi) is 9.17. The third kappa shape index (κ3) is 7.13. The minimum absolute atomic E-state index is 0. The van der Waals surface area contributed by atoms with Crippen LogP contribution in [0.25, 0.3) is 0 Å². The van der Waals surface area contributed by atoms with Gasteiger partial charge in [-0.05, 0) is 44.0 Å². The van der Waals surface area contributed by atoms with Gasteiger partial charge in [-0.3, -0.25) is 4.79 Å². The molecule has 3 N–H and O–H groups in total. The Labute approximate surface area is 120 Å². The average Bonchev–Trinajstić information content (AvgIpc) is 2.32. The minimum Gasteiger partial charge on any atom is -0.330 e. The molecule has 0 aliphatic carbocycles. The van der Waals surface area contributed by atoms with Gasteiger partial charge in [-0.1, -0.05) is 18.9 Å². The predicted octanol–water partition coefficient (Wildman–Crippen LogP) is 3.40. The van der Waals surface area contributed by atoms with E-state index in [1.54, 1.807) is 12.1 Å². The maximum atomic E-state index is 13.5. The van der Waals surface area contributed by atoms with E-state index in [0.717, 1.165) is 31.2 Å². The number of hydrogen-bond acceptors (Lipinski definition) is 2. The van der Waals surface area contributed by atoms with Crippen LogP contribution in [0, 0.1) is 12.7 Å². The van der Waals surface area contributed by atoms with Gasteiger partial charge in [-0.2, -0.15) is 0 Å². The first-order valence-corrected chi connectivity index (χ1v) is 6.39. The van der Waals surface area contributed by atoms with Gasteiger partial charge < -0.3 is 11.1 Å². The van der Waals surface area contributed by atoms with Crippen LogP contribution in [0.15, 0.2) is 18.2 Å². The highest BCUT2D eigenvalue weighted by Gasteiger charge is 2.06. The zero-order valence-electron chi connectivity index (χ0n) is 11.2. The van der Waals surface area contributed by atoms with Crippen LogP contribution >= 0.6 is 12.4 Å². The first-order valence-electron chi connectivity index (χ1n) is 6.39. The highest BCUT2D eigenvalue weighted by Crippen LogP contribution is 2.15. The Hall–Kier alpha value is -1.13. The summed E-state index contributed by atoms with van der Waals surface area (Å²) >= 11 is 0. The number of aryl methyl sites for hydroxylation is 1. The van der Waals surface area contributed by atoms with Crippen LogP contribution in [0.3, 0.4) is 0 Å². The molecule has 1 aromatic rings. The van der Waals surface area contributed by atoms with Crippen molar-refractivity contribution in [1.82, 2.24) is 0 Å². The van der Waals surface area contributed by atoms with E-state index in [-0.39, 0.29) is 29.8 Å². The molecule has 0 saturated heterocycles. The largest absolute Gasteiger partial charge is 0.330 e. The lowest BCUT2D eigenvalue weighted by Crippen LogP contribution is -2.12. The van der Waals surface area contributed by atoms with Crippen molar-refractivity contribution < 1.29 is 9.18 Å². The Balaban J connectivity index is 0.00000324. The summed E-state index contributed by atoms with van der Waals surface area (Å²) < 4.78 is 13.5. The van der Waals surface area contributed by atoms with Crippen molar-refractivity contribution in [2.45, 2.75) is 39.0 Å². The number of nitrogens with one attached hydrogen (secondary N) is 1. The third-order valence-electron chi connectivity index (χ3n) is 2.76. The highest BCUT2D eigenvalue weighted by atomic mass is 35.5. The first-order chi connectivity index (χ1) is 8.63. The number of unbranched alkanes of at least 4 members (excludes halogenated alkanes) is 3. The SMILES string of the molecule is Cc1ccc(NC(=O)CCCCCCN)c(F)c1.Cl. The maximum Gasteiger partial charge on any atom is 0.224 e. The van der Waals surface area contributed by atoms with E-state index in [0.29, 0.717) is 13.0 Å². The molecule has 1 rings (SSSR count). The van der Waals surface area contributed by atoms with Crippen LogP contribution in [0.4, 0.5) is 10.1 Å². The van der Waals surface area contributed by atoms with Gasteiger partial charge in [-0.25, -0.2) is 4.39 Å². The minimum atomic E-state index is -0.383. The molecule has 0 aromatic heterocycles. The second-order valence-electron chi connectivity index (χ2n) is 4.48. The Morgan fingerprint density at radius 2 is 1.95 bits per heavy atom. The van der Waals surface area contributed by atoms with Crippen molar-refractivity contribution in [2.75, 3.05) is 11.9 Å². The maximum absolute atomic E-state index is 13.5. The number of hydrogen-bond donors (Lipinski definition) is 2. The van der Waals surface area contributed by atoms with Crippen LogP contribution in [0.5, 0.6) is 0 Å². The molecule has 19 heavy (non-hydrogen) atoms. The number of halogens is 2. The number of amides is 1. The molecule has 0 radical (unpaired) electrons. The van der Waals surface area contributed by atoms with Gasteiger partial charge in [0.2, 0.25) is 5.91 Å². The summed E-state index contributed by atoms with van der Waals surface area (Å²) in [5.41, 5.74) is 6.48. The summed E-state index contributed by atoms with van der Waals surface area (Å²) in [6, 6.07) is 4.79. The van der Waals surface area contributed by atoms with Crippen LogP contribution in [0.1, 0.15) is 37.7 Å². The molecule has 108 valence electrons. The third-order valence-corrected chi connectivity index (χ3v) is 2.76. The first kappa shape index (κ1) is 17.9. The summed E-state index contributed by atoms with van der Waals surface area (Å²) in [5.74, 6) is -0.517.